The maximum absolute atomic E-state index is 12.0. The minimum absolute atomic E-state index is 0.00911. The molecule has 1 saturated heterocycles. The van der Waals surface area contributed by atoms with Gasteiger partial charge in [0.05, 0.1) is 12.9 Å². The van der Waals surface area contributed by atoms with Crippen molar-refractivity contribution in [1.29, 1.82) is 0 Å². The number of methoxy groups -OCH3 is 1. The lowest BCUT2D eigenvalue weighted by Gasteiger charge is -2.45. The number of aliphatic imine (C=N–C) groups is 1. The summed E-state index contributed by atoms with van der Waals surface area (Å²) in [5.74, 6) is 1.71. The van der Waals surface area contributed by atoms with E-state index < -0.39 is 0 Å². The first-order valence-electron chi connectivity index (χ1n) is 9.92. The second-order valence-electron chi connectivity index (χ2n) is 7.52. The topological polar surface area (TPSA) is 73.6 Å². The van der Waals surface area contributed by atoms with Gasteiger partial charge in [-0.1, -0.05) is 0 Å². The summed E-state index contributed by atoms with van der Waals surface area (Å²) < 4.78 is 10.7. The van der Waals surface area contributed by atoms with Crippen LogP contribution in [0.2, 0.25) is 0 Å². The largest absolute Gasteiger partial charge is 0.469 e. The summed E-state index contributed by atoms with van der Waals surface area (Å²) in [5, 5.41) is 3.42. The molecule has 0 saturated carbocycles. The van der Waals surface area contributed by atoms with Crippen LogP contribution >= 0.6 is 0 Å². The Morgan fingerprint density at radius 3 is 2.64 bits per heavy atom. The number of hydrogen-bond donors (Lipinski definition) is 1. The molecule has 1 aliphatic heterocycles. The van der Waals surface area contributed by atoms with Crippen LogP contribution < -0.4 is 5.32 Å². The highest BCUT2D eigenvalue weighted by atomic mass is 16.5. The van der Waals surface area contributed by atoms with Crippen LogP contribution in [-0.2, 0) is 16.0 Å². The summed E-state index contributed by atoms with van der Waals surface area (Å²) in [6.07, 6.45) is 2.45. The number of rotatable bonds is 8. The van der Waals surface area contributed by atoms with E-state index in [1.165, 1.54) is 0 Å². The number of carbonyl (C=O) groups excluding carboxylic acids is 1. The van der Waals surface area contributed by atoms with Crippen LogP contribution in [0.25, 0.3) is 0 Å². The monoisotopic (exact) mass is 393 g/mol. The smallest absolute Gasteiger partial charge is 0.243 e. The SMILES string of the molecule is COCCN1C(C)CN(C(=NCC(=O)N(C)C)NCCc2ccco2)CC1C. The Balaban J connectivity index is 2.02. The van der Waals surface area contributed by atoms with E-state index >= 15 is 0 Å². The Labute approximate surface area is 168 Å². The van der Waals surface area contributed by atoms with Crippen molar-refractivity contribution in [3.8, 4) is 0 Å². The summed E-state index contributed by atoms with van der Waals surface area (Å²) >= 11 is 0. The number of carbonyl (C=O) groups is 1. The van der Waals surface area contributed by atoms with Crippen molar-refractivity contribution >= 4 is 11.9 Å². The molecule has 2 atom stereocenters. The van der Waals surface area contributed by atoms with Gasteiger partial charge < -0.3 is 24.3 Å². The molecule has 0 spiro atoms. The van der Waals surface area contributed by atoms with E-state index in [1.807, 2.05) is 12.1 Å². The van der Waals surface area contributed by atoms with Gasteiger partial charge in [0.1, 0.15) is 12.3 Å². The van der Waals surface area contributed by atoms with Crippen LogP contribution in [-0.4, -0.2) is 99.2 Å². The average molecular weight is 394 g/mol. The second-order valence-corrected chi connectivity index (χ2v) is 7.52. The molecule has 28 heavy (non-hydrogen) atoms. The second kappa shape index (κ2) is 11.1. The maximum Gasteiger partial charge on any atom is 0.243 e. The number of likely N-dealkylation sites (N-methyl/N-ethyl adjacent to an activating group) is 1. The zero-order chi connectivity index (χ0) is 20.5. The molecule has 1 fully saturated rings. The van der Waals surface area contributed by atoms with Gasteiger partial charge >= 0.3 is 0 Å². The number of piperazine rings is 1. The summed E-state index contributed by atoms with van der Waals surface area (Å²) in [7, 11) is 5.24. The molecule has 0 aliphatic carbocycles. The van der Waals surface area contributed by atoms with Gasteiger partial charge in [-0.05, 0) is 26.0 Å². The highest BCUT2D eigenvalue weighted by Crippen LogP contribution is 2.15. The molecule has 2 unspecified atom stereocenters. The Bertz CT molecular complexity index is 605. The van der Waals surface area contributed by atoms with E-state index in [2.05, 4.69) is 34.0 Å². The Kier molecular flexibility index (Phi) is 8.79. The Hall–Kier alpha value is -2.06. The molecule has 8 nitrogen and oxygen atoms in total. The van der Waals surface area contributed by atoms with Crippen molar-refractivity contribution in [3.63, 3.8) is 0 Å². The fourth-order valence-corrected chi connectivity index (χ4v) is 3.47. The maximum atomic E-state index is 12.0. The van der Waals surface area contributed by atoms with Crippen molar-refractivity contribution in [3.05, 3.63) is 24.2 Å². The minimum atomic E-state index is -0.00911. The number of nitrogens with one attached hydrogen (secondary N) is 1. The van der Waals surface area contributed by atoms with Crippen LogP contribution in [0.1, 0.15) is 19.6 Å². The molecule has 8 heteroatoms. The van der Waals surface area contributed by atoms with E-state index in [1.54, 1.807) is 32.4 Å². The molecule has 1 N–H and O–H groups in total. The molecule has 0 bridgehead atoms. The first-order chi connectivity index (χ1) is 13.4. The summed E-state index contributed by atoms with van der Waals surface area (Å²) in [5.41, 5.74) is 0. The fraction of sp³-hybridized carbons (Fsp3) is 0.700. The van der Waals surface area contributed by atoms with Crippen molar-refractivity contribution < 1.29 is 13.9 Å². The van der Waals surface area contributed by atoms with Gasteiger partial charge in [0.25, 0.3) is 0 Å². The van der Waals surface area contributed by atoms with E-state index in [4.69, 9.17) is 9.15 Å². The summed E-state index contributed by atoms with van der Waals surface area (Å²) in [6, 6.07) is 4.61. The highest BCUT2D eigenvalue weighted by Gasteiger charge is 2.30. The number of nitrogens with zero attached hydrogens (tertiary/aromatic N) is 4. The summed E-state index contributed by atoms with van der Waals surface area (Å²) in [4.78, 5) is 22.9. The van der Waals surface area contributed by atoms with E-state index in [0.717, 1.165) is 44.4 Å². The molecule has 1 aromatic rings. The Morgan fingerprint density at radius 1 is 1.36 bits per heavy atom. The summed E-state index contributed by atoms with van der Waals surface area (Å²) in [6.45, 7) is 8.66. The Morgan fingerprint density at radius 2 is 2.07 bits per heavy atom. The van der Waals surface area contributed by atoms with Gasteiger partial charge in [0.2, 0.25) is 5.91 Å². The van der Waals surface area contributed by atoms with Crippen LogP contribution in [0, 0.1) is 0 Å². The number of furan rings is 1. The average Bonchev–Trinajstić information content (AvgIpc) is 3.16. The van der Waals surface area contributed by atoms with Crippen LogP contribution in [0.5, 0.6) is 0 Å². The lowest BCUT2D eigenvalue weighted by atomic mass is 10.1. The highest BCUT2D eigenvalue weighted by molar-refractivity contribution is 5.85. The molecular weight excluding hydrogens is 358 g/mol. The van der Waals surface area contributed by atoms with Crippen LogP contribution in [0.4, 0.5) is 0 Å². The molecule has 1 amide bonds. The standard InChI is InChI=1S/C20H35N5O3/c1-16-14-24(15-17(2)25(16)10-12-27-5)20(22-13-19(26)23(3)4)21-9-8-18-7-6-11-28-18/h6-7,11,16-17H,8-10,12-15H2,1-5H3,(H,21,22). The van der Waals surface area contributed by atoms with E-state index in [0.29, 0.717) is 18.6 Å². The predicted octanol–water partition coefficient (Wildman–Crippen LogP) is 0.897. The number of guanidine groups is 1. The number of hydrogen-bond acceptors (Lipinski definition) is 5. The fourth-order valence-electron chi connectivity index (χ4n) is 3.47. The minimum Gasteiger partial charge on any atom is -0.469 e. The van der Waals surface area contributed by atoms with Gasteiger partial charge in [0, 0.05) is 65.9 Å². The van der Waals surface area contributed by atoms with Gasteiger partial charge in [-0.3, -0.25) is 9.69 Å². The molecule has 0 radical (unpaired) electrons. The molecular formula is C20H35N5O3. The third-order valence-electron chi connectivity index (χ3n) is 5.05. The van der Waals surface area contributed by atoms with Gasteiger partial charge in [-0.25, -0.2) is 4.99 Å². The lowest BCUT2D eigenvalue weighted by molar-refractivity contribution is -0.127. The van der Waals surface area contributed by atoms with Gasteiger partial charge in [-0.15, -0.1) is 0 Å². The van der Waals surface area contributed by atoms with Crippen molar-refractivity contribution in [1.82, 2.24) is 20.0 Å². The van der Waals surface area contributed by atoms with Crippen LogP contribution in [0.15, 0.2) is 27.8 Å². The first-order valence-corrected chi connectivity index (χ1v) is 9.92. The zero-order valence-corrected chi connectivity index (χ0v) is 17.9. The zero-order valence-electron chi connectivity index (χ0n) is 17.9. The molecule has 2 rings (SSSR count). The van der Waals surface area contributed by atoms with Crippen molar-refractivity contribution in [2.45, 2.75) is 32.4 Å². The number of amides is 1. The third kappa shape index (κ3) is 6.53. The predicted molar refractivity (Wildman–Crippen MR) is 110 cm³/mol. The molecule has 2 heterocycles. The molecule has 1 aromatic heterocycles. The van der Waals surface area contributed by atoms with Crippen molar-refractivity contribution in [2.75, 3.05) is 60.5 Å². The quantitative estimate of drug-likeness (QED) is 0.523. The van der Waals surface area contributed by atoms with E-state index in [9.17, 15) is 4.79 Å². The van der Waals surface area contributed by atoms with Crippen molar-refractivity contribution in [2.24, 2.45) is 4.99 Å². The molecule has 0 aromatic carbocycles. The van der Waals surface area contributed by atoms with Gasteiger partial charge in [-0.2, -0.15) is 0 Å². The van der Waals surface area contributed by atoms with Crippen LogP contribution in [0.3, 0.4) is 0 Å². The molecule has 1 aliphatic rings. The normalized spacial score (nSPS) is 21.0. The third-order valence-corrected chi connectivity index (χ3v) is 5.05. The van der Waals surface area contributed by atoms with E-state index in [-0.39, 0.29) is 12.5 Å². The number of ether oxygens (including phenoxy) is 1. The lowest BCUT2D eigenvalue weighted by Crippen LogP contribution is -2.60. The molecule has 158 valence electrons. The van der Waals surface area contributed by atoms with Gasteiger partial charge in [0.15, 0.2) is 5.96 Å². The first kappa shape index (κ1) is 22.2.